The Hall–Kier alpha value is -0.790. The third-order valence-corrected chi connectivity index (χ3v) is 4.50. The number of pyridine rings is 1. The van der Waals surface area contributed by atoms with E-state index in [1.165, 1.54) is 0 Å². The van der Waals surface area contributed by atoms with Gasteiger partial charge in [0.25, 0.3) is 5.91 Å². The zero-order chi connectivity index (χ0) is 15.5. The standard InChI is InChI=1S/C15H21ClN4O2.2ClH/c16-11-1-4-14(18-10-11)19-5-7-20(8-6-19)15(21)13-3-2-12(9-17)22-13;;/h1,4,10,12-13H,2-3,5-9,17H2;2*1H/t12-,13+;;/m1../s1. The lowest BCUT2D eigenvalue weighted by molar-refractivity contribution is -0.143. The topological polar surface area (TPSA) is 71.7 Å². The highest BCUT2D eigenvalue weighted by molar-refractivity contribution is 6.30. The fourth-order valence-corrected chi connectivity index (χ4v) is 3.09. The number of carbonyl (C=O) groups excluding carboxylic acids is 1. The summed E-state index contributed by atoms with van der Waals surface area (Å²) in [6, 6.07) is 3.74. The first-order valence-corrected chi connectivity index (χ1v) is 8.06. The van der Waals surface area contributed by atoms with Crippen LogP contribution in [0.3, 0.4) is 0 Å². The minimum atomic E-state index is -0.311. The zero-order valence-electron chi connectivity index (χ0n) is 13.3. The number of ether oxygens (including phenoxy) is 1. The van der Waals surface area contributed by atoms with Crippen molar-refractivity contribution in [1.29, 1.82) is 0 Å². The average molecular weight is 398 g/mol. The zero-order valence-corrected chi connectivity index (χ0v) is 15.7. The molecule has 0 radical (unpaired) electrons. The Morgan fingerprint density at radius 1 is 1.25 bits per heavy atom. The maximum Gasteiger partial charge on any atom is 0.251 e. The van der Waals surface area contributed by atoms with Gasteiger partial charge in [0.15, 0.2) is 0 Å². The molecule has 2 N–H and O–H groups in total. The molecule has 9 heteroatoms. The SMILES string of the molecule is Cl.Cl.NC[C@H]1CC[C@@H](C(=O)N2CCN(c3ccc(Cl)cn3)CC2)O1. The minimum absolute atomic E-state index is 0. The van der Waals surface area contributed by atoms with Gasteiger partial charge in [0.1, 0.15) is 11.9 Å². The van der Waals surface area contributed by atoms with Crippen LogP contribution in [0.25, 0.3) is 0 Å². The Bertz CT molecular complexity index is 524. The molecule has 0 saturated carbocycles. The molecular formula is C15H23Cl3N4O2. The Morgan fingerprint density at radius 2 is 1.96 bits per heavy atom. The molecule has 0 aromatic carbocycles. The molecule has 24 heavy (non-hydrogen) atoms. The maximum absolute atomic E-state index is 12.5. The second-order valence-electron chi connectivity index (χ2n) is 5.71. The maximum atomic E-state index is 12.5. The minimum Gasteiger partial charge on any atom is -0.364 e. The van der Waals surface area contributed by atoms with Gasteiger partial charge in [0.2, 0.25) is 0 Å². The number of carbonyl (C=O) groups is 1. The molecule has 2 aliphatic heterocycles. The van der Waals surface area contributed by atoms with Gasteiger partial charge in [-0.05, 0) is 25.0 Å². The molecular weight excluding hydrogens is 375 g/mol. The predicted octanol–water partition coefficient (Wildman–Crippen LogP) is 1.73. The molecule has 1 aromatic rings. The summed E-state index contributed by atoms with van der Waals surface area (Å²) in [6.07, 6.45) is 3.02. The summed E-state index contributed by atoms with van der Waals surface area (Å²) < 4.78 is 5.69. The number of hydrogen-bond donors (Lipinski definition) is 1. The number of halogens is 3. The predicted molar refractivity (Wildman–Crippen MR) is 99.5 cm³/mol. The van der Waals surface area contributed by atoms with Gasteiger partial charge in [0, 0.05) is 38.9 Å². The second-order valence-corrected chi connectivity index (χ2v) is 6.14. The lowest BCUT2D eigenvalue weighted by Crippen LogP contribution is -2.51. The number of anilines is 1. The van der Waals surface area contributed by atoms with E-state index in [9.17, 15) is 4.79 Å². The lowest BCUT2D eigenvalue weighted by Gasteiger charge is -2.36. The first kappa shape index (κ1) is 21.3. The van der Waals surface area contributed by atoms with E-state index in [1.54, 1.807) is 6.20 Å². The third kappa shape index (κ3) is 4.86. The van der Waals surface area contributed by atoms with Gasteiger partial charge in [-0.2, -0.15) is 0 Å². The normalized spacial score (nSPS) is 23.4. The van der Waals surface area contributed by atoms with E-state index in [0.29, 0.717) is 24.7 Å². The van der Waals surface area contributed by atoms with Gasteiger partial charge in [0.05, 0.1) is 11.1 Å². The fraction of sp³-hybridized carbons (Fsp3) is 0.600. The molecule has 2 aliphatic rings. The molecule has 3 rings (SSSR count). The van der Waals surface area contributed by atoms with E-state index in [1.807, 2.05) is 17.0 Å². The quantitative estimate of drug-likeness (QED) is 0.841. The van der Waals surface area contributed by atoms with Crippen molar-refractivity contribution in [1.82, 2.24) is 9.88 Å². The highest BCUT2D eigenvalue weighted by Crippen LogP contribution is 2.22. The van der Waals surface area contributed by atoms with Gasteiger partial charge in [-0.25, -0.2) is 4.98 Å². The highest BCUT2D eigenvalue weighted by Gasteiger charge is 2.34. The molecule has 2 fully saturated rings. The molecule has 2 saturated heterocycles. The van der Waals surface area contributed by atoms with E-state index in [-0.39, 0.29) is 42.9 Å². The average Bonchev–Trinajstić information content (AvgIpc) is 3.04. The van der Waals surface area contributed by atoms with Crippen molar-refractivity contribution >= 4 is 48.1 Å². The highest BCUT2D eigenvalue weighted by atomic mass is 35.5. The lowest BCUT2D eigenvalue weighted by atomic mass is 10.1. The first-order valence-electron chi connectivity index (χ1n) is 7.68. The van der Waals surface area contributed by atoms with Crippen molar-refractivity contribution in [2.75, 3.05) is 37.6 Å². The van der Waals surface area contributed by atoms with E-state index >= 15 is 0 Å². The number of hydrogen-bond acceptors (Lipinski definition) is 5. The monoisotopic (exact) mass is 396 g/mol. The van der Waals surface area contributed by atoms with E-state index in [2.05, 4.69) is 9.88 Å². The molecule has 0 aliphatic carbocycles. The number of rotatable bonds is 3. The summed E-state index contributed by atoms with van der Waals surface area (Å²) in [6.45, 7) is 3.41. The van der Waals surface area contributed by atoms with Crippen LogP contribution in [-0.2, 0) is 9.53 Å². The van der Waals surface area contributed by atoms with Gasteiger partial charge >= 0.3 is 0 Å². The van der Waals surface area contributed by atoms with Gasteiger partial charge in [-0.1, -0.05) is 11.6 Å². The number of aromatic nitrogens is 1. The summed E-state index contributed by atoms with van der Waals surface area (Å²) in [5, 5.41) is 0.630. The summed E-state index contributed by atoms with van der Waals surface area (Å²) in [5.41, 5.74) is 5.59. The second kappa shape index (κ2) is 9.63. The van der Waals surface area contributed by atoms with Crippen LogP contribution in [0.1, 0.15) is 12.8 Å². The fourth-order valence-electron chi connectivity index (χ4n) is 2.98. The van der Waals surface area contributed by atoms with Crippen molar-refractivity contribution in [2.24, 2.45) is 5.73 Å². The smallest absolute Gasteiger partial charge is 0.251 e. The number of nitrogens with two attached hydrogens (primary N) is 1. The molecule has 0 spiro atoms. The molecule has 6 nitrogen and oxygen atoms in total. The van der Waals surface area contributed by atoms with Crippen molar-refractivity contribution in [3.8, 4) is 0 Å². The first-order chi connectivity index (χ1) is 10.7. The third-order valence-electron chi connectivity index (χ3n) is 4.27. The largest absolute Gasteiger partial charge is 0.364 e. The van der Waals surface area contributed by atoms with Crippen LogP contribution in [0, 0.1) is 0 Å². The summed E-state index contributed by atoms with van der Waals surface area (Å²) >= 11 is 5.86. The van der Waals surface area contributed by atoms with Gasteiger partial charge in [-0.15, -0.1) is 24.8 Å². The molecule has 0 unspecified atom stereocenters. The molecule has 2 atom stereocenters. The molecule has 3 heterocycles. The number of amides is 1. The van der Waals surface area contributed by atoms with E-state index in [0.717, 1.165) is 31.7 Å². The Kier molecular flexibility index (Phi) is 8.53. The van der Waals surface area contributed by atoms with Crippen LogP contribution < -0.4 is 10.6 Å². The Balaban J connectivity index is 0.00000144. The Labute approximate surface area is 159 Å². The van der Waals surface area contributed by atoms with Gasteiger partial charge < -0.3 is 20.3 Å². The van der Waals surface area contributed by atoms with Crippen LogP contribution in [0.2, 0.25) is 5.02 Å². The summed E-state index contributed by atoms with van der Waals surface area (Å²) in [7, 11) is 0. The van der Waals surface area contributed by atoms with Crippen molar-refractivity contribution in [3.63, 3.8) is 0 Å². The van der Waals surface area contributed by atoms with Crippen molar-refractivity contribution in [2.45, 2.75) is 25.0 Å². The van der Waals surface area contributed by atoms with Crippen molar-refractivity contribution < 1.29 is 9.53 Å². The van der Waals surface area contributed by atoms with Crippen LogP contribution in [-0.4, -0.2) is 60.7 Å². The van der Waals surface area contributed by atoms with Gasteiger partial charge in [-0.3, -0.25) is 4.79 Å². The molecule has 136 valence electrons. The van der Waals surface area contributed by atoms with E-state index < -0.39 is 0 Å². The van der Waals surface area contributed by atoms with Crippen LogP contribution in [0.15, 0.2) is 18.3 Å². The van der Waals surface area contributed by atoms with Crippen LogP contribution >= 0.6 is 36.4 Å². The molecule has 1 aromatic heterocycles. The van der Waals surface area contributed by atoms with E-state index in [4.69, 9.17) is 22.1 Å². The summed E-state index contributed by atoms with van der Waals surface area (Å²) in [5.74, 6) is 0.997. The van der Waals surface area contributed by atoms with Crippen LogP contribution in [0.5, 0.6) is 0 Å². The van der Waals surface area contributed by atoms with Crippen molar-refractivity contribution in [3.05, 3.63) is 23.4 Å². The molecule has 1 amide bonds. The van der Waals surface area contributed by atoms with Crippen LogP contribution in [0.4, 0.5) is 5.82 Å². The Morgan fingerprint density at radius 3 is 2.50 bits per heavy atom. The number of nitrogens with zero attached hydrogens (tertiary/aromatic N) is 3. The molecule has 0 bridgehead atoms. The number of piperazine rings is 1. The summed E-state index contributed by atoms with van der Waals surface area (Å²) in [4.78, 5) is 20.8.